The molecular formula is C16H21N3O2. The molecule has 5 nitrogen and oxygen atoms in total. The maximum Gasteiger partial charge on any atom is 0.238 e. The number of hydrogen-bond acceptors (Lipinski definition) is 4. The Bertz CT molecular complexity index is 499. The lowest BCUT2D eigenvalue weighted by Crippen LogP contribution is -2.39. The summed E-state index contributed by atoms with van der Waals surface area (Å²) in [5, 5.41) is 20.6. The molecule has 112 valence electrons. The molecule has 1 heterocycles. The second-order valence-corrected chi connectivity index (χ2v) is 5.48. The van der Waals surface area contributed by atoms with Gasteiger partial charge in [0.2, 0.25) is 5.91 Å². The summed E-state index contributed by atoms with van der Waals surface area (Å²) >= 11 is 0. The molecule has 1 aliphatic rings. The lowest BCUT2D eigenvalue weighted by atomic mass is 9.98. The van der Waals surface area contributed by atoms with E-state index in [0.717, 1.165) is 37.2 Å². The van der Waals surface area contributed by atoms with Gasteiger partial charge in [-0.3, -0.25) is 9.69 Å². The summed E-state index contributed by atoms with van der Waals surface area (Å²) in [5.74, 6) is 0.363. The van der Waals surface area contributed by atoms with E-state index in [1.807, 2.05) is 24.3 Å². The number of nitriles is 1. The zero-order chi connectivity index (χ0) is 15.1. The van der Waals surface area contributed by atoms with E-state index in [2.05, 4.69) is 16.3 Å². The van der Waals surface area contributed by atoms with E-state index in [1.54, 1.807) is 0 Å². The van der Waals surface area contributed by atoms with Crippen LogP contribution in [0.4, 0.5) is 5.69 Å². The Labute approximate surface area is 125 Å². The summed E-state index contributed by atoms with van der Waals surface area (Å²) in [7, 11) is 0. The molecule has 0 aromatic heterocycles. The highest BCUT2D eigenvalue weighted by Crippen LogP contribution is 2.16. The third-order valence-electron chi connectivity index (χ3n) is 3.85. The Morgan fingerprint density at radius 1 is 1.33 bits per heavy atom. The van der Waals surface area contributed by atoms with Crippen molar-refractivity contribution >= 4 is 11.6 Å². The molecule has 0 unspecified atom stereocenters. The van der Waals surface area contributed by atoms with Crippen LogP contribution in [0.5, 0.6) is 0 Å². The molecule has 21 heavy (non-hydrogen) atoms. The summed E-state index contributed by atoms with van der Waals surface area (Å²) in [4.78, 5) is 14.1. The van der Waals surface area contributed by atoms with Gasteiger partial charge in [0, 0.05) is 12.3 Å². The fourth-order valence-electron chi connectivity index (χ4n) is 2.53. The number of carbonyl (C=O) groups excluding carboxylic acids is 1. The highest BCUT2D eigenvalue weighted by molar-refractivity contribution is 5.92. The molecule has 0 atom stereocenters. The van der Waals surface area contributed by atoms with Gasteiger partial charge in [-0.2, -0.15) is 5.26 Å². The smallest absolute Gasteiger partial charge is 0.238 e. The number of anilines is 1. The van der Waals surface area contributed by atoms with Crippen LogP contribution in [0.25, 0.3) is 0 Å². The van der Waals surface area contributed by atoms with Crippen LogP contribution in [0.15, 0.2) is 24.3 Å². The maximum atomic E-state index is 12.0. The number of benzene rings is 1. The average Bonchev–Trinajstić information content (AvgIpc) is 2.50. The van der Waals surface area contributed by atoms with Crippen molar-refractivity contribution in [1.29, 1.82) is 5.26 Å². The molecule has 2 N–H and O–H groups in total. The molecule has 1 saturated heterocycles. The van der Waals surface area contributed by atoms with Crippen molar-refractivity contribution in [2.75, 3.05) is 31.6 Å². The normalized spacial score (nSPS) is 16.4. The molecule has 1 aromatic rings. The van der Waals surface area contributed by atoms with Gasteiger partial charge in [0.25, 0.3) is 0 Å². The van der Waals surface area contributed by atoms with Gasteiger partial charge in [-0.1, -0.05) is 12.1 Å². The molecule has 0 saturated carbocycles. The van der Waals surface area contributed by atoms with Crippen LogP contribution in [0.3, 0.4) is 0 Å². The molecule has 1 amide bonds. The lowest BCUT2D eigenvalue weighted by molar-refractivity contribution is -0.117. The third kappa shape index (κ3) is 4.85. The summed E-state index contributed by atoms with van der Waals surface area (Å²) < 4.78 is 0. The molecule has 0 spiro atoms. The van der Waals surface area contributed by atoms with Crippen molar-refractivity contribution in [2.45, 2.75) is 19.3 Å². The number of aliphatic hydroxyl groups is 1. The zero-order valence-electron chi connectivity index (χ0n) is 12.1. The molecule has 1 aliphatic heterocycles. The van der Waals surface area contributed by atoms with Crippen LogP contribution in [-0.4, -0.2) is 42.2 Å². The first-order valence-electron chi connectivity index (χ1n) is 7.30. The Hall–Kier alpha value is -1.90. The number of amides is 1. The van der Waals surface area contributed by atoms with Crippen LogP contribution in [0, 0.1) is 17.2 Å². The van der Waals surface area contributed by atoms with E-state index in [0.29, 0.717) is 18.9 Å². The van der Waals surface area contributed by atoms with Gasteiger partial charge in [0.05, 0.1) is 19.0 Å². The summed E-state index contributed by atoms with van der Waals surface area (Å²) in [6.45, 7) is 2.35. The van der Waals surface area contributed by atoms with Crippen LogP contribution in [0.2, 0.25) is 0 Å². The Balaban J connectivity index is 1.78. The summed E-state index contributed by atoms with van der Waals surface area (Å²) in [6, 6.07) is 9.44. The first-order valence-corrected chi connectivity index (χ1v) is 7.30. The lowest BCUT2D eigenvalue weighted by Gasteiger charge is -2.30. The third-order valence-corrected chi connectivity index (χ3v) is 3.85. The van der Waals surface area contributed by atoms with E-state index in [9.17, 15) is 4.79 Å². The van der Waals surface area contributed by atoms with Crippen molar-refractivity contribution in [1.82, 2.24) is 4.90 Å². The average molecular weight is 287 g/mol. The topological polar surface area (TPSA) is 76.4 Å². The monoisotopic (exact) mass is 287 g/mol. The van der Waals surface area contributed by atoms with Crippen LogP contribution < -0.4 is 5.32 Å². The predicted octanol–water partition coefficient (Wildman–Crippen LogP) is 1.40. The number of nitrogens with zero attached hydrogens (tertiary/aromatic N) is 2. The first-order chi connectivity index (χ1) is 10.2. The Morgan fingerprint density at radius 3 is 2.57 bits per heavy atom. The van der Waals surface area contributed by atoms with Crippen LogP contribution in [-0.2, 0) is 11.2 Å². The number of nitrogens with one attached hydrogen (secondary N) is 1. The largest absolute Gasteiger partial charge is 0.396 e. The summed E-state index contributed by atoms with van der Waals surface area (Å²) in [5.41, 5.74) is 1.70. The van der Waals surface area contributed by atoms with Gasteiger partial charge in [-0.25, -0.2) is 0 Å². The van der Waals surface area contributed by atoms with E-state index in [-0.39, 0.29) is 12.5 Å². The molecule has 5 heteroatoms. The quantitative estimate of drug-likeness (QED) is 0.858. The first kappa shape index (κ1) is 15.5. The molecule has 0 bridgehead atoms. The number of aliphatic hydroxyl groups excluding tert-OH is 1. The Kier molecular flexibility index (Phi) is 5.73. The fourth-order valence-corrected chi connectivity index (χ4v) is 2.53. The Morgan fingerprint density at radius 2 is 2.00 bits per heavy atom. The van der Waals surface area contributed by atoms with Crippen molar-refractivity contribution in [2.24, 2.45) is 5.92 Å². The van der Waals surface area contributed by atoms with Crippen LogP contribution >= 0.6 is 0 Å². The van der Waals surface area contributed by atoms with Crippen molar-refractivity contribution in [3.05, 3.63) is 29.8 Å². The number of likely N-dealkylation sites (tertiary alicyclic amines) is 1. The van der Waals surface area contributed by atoms with Gasteiger partial charge in [-0.15, -0.1) is 0 Å². The van der Waals surface area contributed by atoms with E-state index in [1.165, 1.54) is 0 Å². The van der Waals surface area contributed by atoms with Gasteiger partial charge in [-0.05, 0) is 49.5 Å². The standard InChI is InChI=1S/C16H21N3O2/c17-8-5-13-1-3-15(4-2-13)18-16(21)11-19-9-6-14(12-20)7-10-19/h1-4,14,20H,5-7,9-12H2,(H,18,21). The maximum absolute atomic E-state index is 12.0. The van der Waals surface area contributed by atoms with E-state index < -0.39 is 0 Å². The van der Waals surface area contributed by atoms with Crippen LogP contribution in [0.1, 0.15) is 18.4 Å². The second kappa shape index (κ2) is 7.77. The van der Waals surface area contributed by atoms with Crippen molar-refractivity contribution in [3.63, 3.8) is 0 Å². The van der Waals surface area contributed by atoms with Gasteiger partial charge < -0.3 is 10.4 Å². The molecule has 0 radical (unpaired) electrons. The van der Waals surface area contributed by atoms with Gasteiger partial charge in [0.1, 0.15) is 0 Å². The highest BCUT2D eigenvalue weighted by Gasteiger charge is 2.20. The number of piperidine rings is 1. The highest BCUT2D eigenvalue weighted by atomic mass is 16.3. The zero-order valence-corrected chi connectivity index (χ0v) is 12.1. The van der Waals surface area contributed by atoms with E-state index >= 15 is 0 Å². The van der Waals surface area contributed by atoms with Crippen molar-refractivity contribution < 1.29 is 9.90 Å². The SMILES string of the molecule is N#CCc1ccc(NC(=O)CN2CCC(CO)CC2)cc1. The number of hydrogen-bond donors (Lipinski definition) is 2. The molecule has 1 aromatic carbocycles. The molecule has 2 rings (SSSR count). The van der Waals surface area contributed by atoms with E-state index in [4.69, 9.17) is 10.4 Å². The number of rotatable bonds is 5. The summed E-state index contributed by atoms with van der Waals surface area (Å²) in [6.07, 6.45) is 2.29. The minimum absolute atomic E-state index is 0.0227. The van der Waals surface area contributed by atoms with Crippen molar-refractivity contribution in [3.8, 4) is 6.07 Å². The fraction of sp³-hybridized carbons (Fsp3) is 0.500. The minimum Gasteiger partial charge on any atom is -0.396 e. The minimum atomic E-state index is -0.0227. The van der Waals surface area contributed by atoms with Gasteiger partial charge >= 0.3 is 0 Å². The molecule has 0 aliphatic carbocycles. The molecule has 1 fully saturated rings. The molecular weight excluding hydrogens is 266 g/mol. The predicted molar refractivity (Wildman–Crippen MR) is 80.6 cm³/mol. The second-order valence-electron chi connectivity index (χ2n) is 5.48. The van der Waals surface area contributed by atoms with Gasteiger partial charge in [0.15, 0.2) is 0 Å². The number of carbonyl (C=O) groups is 1.